The van der Waals surface area contributed by atoms with E-state index >= 15 is 0 Å². The number of thiophene rings is 1. The molecule has 0 bridgehead atoms. The minimum absolute atomic E-state index is 0.0262. The lowest BCUT2D eigenvalue weighted by Crippen LogP contribution is -2.37. The van der Waals surface area contributed by atoms with Crippen molar-refractivity contribution in [1.82, 2.24) is 5.32 Å². The normalized spacial score (nSPS) is 13.8. The first-order valence-corrected chi connectivity index (χ1v) is 9.92. The van der Waals surface area contributed by atoms with Crippen molar-refractivity contribution in [3.05, 3.63) is 92.2 Å². The van der Waals surface area contributed by atoms with Gasteiger partial charge in [0.15, 0.2) is 0 Å². The van der Waals surface area contributed by atoms with Crippen LogP contribution < -0.4 is 10.2 Å². The van der Waals surface area contributed by atoms with E-state index in [4.69, 9.17) is 0 Å². The number of rotatable bonds is 6. The SMILES string of the molecule is O=C(NC[C@H](c1cccs1)N1CCc2ccccc21)c1ccc([N+](=O)[O-])cc1. The molecule has 142 valence electrons. The maximum atomic E-state index is 12.6. The third-order valence-electron chi connectivity index (χ3n) is 4.97. The number of anilines is 1. The van der Waals surface area contributed by atoms with Crippen LogP contribution in [0.2, 0.25) is 0 Å². The van der Waals surface area contributed by atoms with Crippen LogP contribution in [0.15, 0.2) is 66.0 Å². The summed E-state index contributed by atoms with van der Waals surface area (Å²) in [6.07, 6.45) is 0.994. The van der Waals surface area contributed by atoms with Gasteiger partial charge in [0.05, 0.1) is 11.0 Å². The van der Waals surface area contributed by atoms with E-state index in [1.54, 1.807) is 11.3 Å². The highest BCUT2D eigenvalue weighted by molar-refractivity contribution is 7.10. The van der Waals surface area contributed by atoms with E-state index in [-0.39, 0.29) is 17.6 Å². The first kappa shape index (κ1) is 18.2. The molecular formula is C21H19N3O3S. The van der Waals surface area contributed by atoms with Crippen molar-refractivity contribution in [3.63, 3.8) is 0 Å². The number of nitro benzene ring substituents is 1. The first-order valence-electron chi connectivity index (χ1n) is 9.04. The Morgan fingerprint density at radius 3 is 2.64 bits per heavy atom. The topological polar surface area (TPSA) is 75.5 Å². The average molecular weight is 393 g/mol. The van der Waals surface area contributed by atoms with Gasteiger partial charge in [-0.3, -0.25) is 14.9 Å². The Kier molecular flexibility index (Phi) is 5.08. The van der Waals surface area contributed by atoms with Crippen LogP contribution in [0, 0.1) is 10.1 Å². The van der Waals surface area contributed by atoms with Gasteiger partial charge in [-0.05, 0) is 41.6 Å². The van der Waals surface area contributed by atoms with Crippen molar-refractivity contribution in [1.29, 1.82) is 0 Å². The molecule has 1 N–H and O–H groups in total. The highest BCUT2D eigenvalue weighted by Gasteiger charge is 2.28. The quantitative estimate of drug-likeness (QED) is 0.503. The molecule has 0 radical (unpaired) electrons. The number of carbonyl (C=O) groups excluding carboxylic acids is 1. The number of nitrogens with zero attached hydrogens (tertiary/aromatic N) is 2. The van der Waals surface area contributed by atoms with Crippen molar-refractivity contribution in [2.75, 3.05) is 18.0 Å². The second-order valence-corrected chi connectivity index (χ2v) is 7.60. The third-order valence-corrected chi connectivity index (χ3v) is 5.94. The maximum Gasteiger partial charge on any atom is 0.269 e. The Hall–Kier alpha value is -3.19. The lowest BCUT2D eigenvalue weighted by Gasteiger charge is -2.30. The molecule has 6 nitrogen and oxygen atoms in total. The van der Waals surface area contributed by atoms with Crippen LogP contribution in [-0.2, 0) is 6.42 Å². The molecule has 0 aliphatic carbocycles. The molecule has 0 unspecified atom stereocenters. The molecule has 1 aliphatic rings. The standard InChI is InChI=1S/C21H19N3O3S/c25-21(16-7-9-17(10-8-16)24(26)27)22-14-19(20-6-3-13-28-20)23-12-11-15-4-1-2-5-18(15)23/h1-10,13,19H,11-12,14H2,(H,22,25)/t19-/m1/s1. The Balaban J connectivity index is 1.51. The zero-order valence-electron chi connectivity index (χ0n) is 15.1. The Bertz CT molecular complexity index is 986. The number of nitrogens with one attached hydrogen (secondary N) is 1. The number of amides is 1. The molecule has 3 aromatic rings. The second-order valence-electron chi connectivity index (χ2n) is 6.62. The van der Waals surface area contributed by atoms with Crippen LogP contribution in [0.5, 0.6) is 0 Å². The van der Waals surface area contributed by atoms with Gasteiger partial charge in [0.1, 0.15) is 0 Å². The van der Waals surface area contributed by atoms with Crippen LogP contribution in [0.25, 0.3) is 0 Å². The van der Waals surface area contributed by atoms with Crippen molar-refractivity contribution in [2.24, 2.45) is 0 Å². The summed E-state index contributed by atoms with van der Waals surface area (Å²) in [5.74, 6) is -0.232. The van der Waals surface area contributed by atoms with Gasteiger partial charge in [-0.1, -0.05) is 24.3 Å². The summed E-state index contributed by atoms with van der Waals surface area (Å²) in [5.41, 5.74) is 2.93. The molecule has 1 amide bonds. The number of hydrogen-bond donors (Lipinski definition) is 1. The maximum absolute atomic E-state index is 12.6. The predicted octanol–water partition coefficient (Wildman–Crippen LogP) is 4.19. The van der Waals surface area contributed by atoms with Crippen molar-refractivity contribution < 1.29 is 9.72 Å². The van der Waals surface area contributed by atoms with E-state index in [0.717, 1.165) is 13.0 Å². The van der Waals surface area contributed by atoms with Crippen LogP contribution in [0.1, 0.15) is 26.8 Å². The van der Waals surface area contributed by atoms with E-state index < -0.39 is 4.92 Å². The van der Waals surface area contributed by atoms with Gasteiger partial charge in [0.2, 0.25) is 0 Å². The average Bonchev–Trinajstić information content (AvgIpc) is 3.39. The molecule has 1 atom stereocenters. The number of carbonyl (C=O) groups is 1. The monoisotopic (exact) mass is 393 g/mol. The Morgan fingerprint density at radius 2 is 1.93 bits per heavy atom. The van der Waals surface area contributed by atoms with Gasteiger partial charge in [-0.25, -0.2) is 0 Å². The summed E-state index contributed by atoms with van der Waals surface area (Å²) >= 11 is 1.68. The molecule has 4 rings (SSSR count). The largest absolute Gasteiger partial charge is 0.361 e. The second kappa shape index (κ2) is 7.82. The van der Waals surface area contributed by atoms with Gasteiger partial charge < -0.3 is 10.2 Å². The lowest BCUT2D eigenvalue weighted by atomic mass is 10.1. The number of para-hydroxylation sites is 1. The summed E-state index contributed by atoms with van der Waals surface area (Å²) in [6.45, 7) is 1.37. The fourth-order valence-electron chi connectivity index (χ4n) is 3.56. The zero-order chi connectivity index (χ0) is 19.5. The Labute approximate surface area is 166 Å². The van der Waals surface area contributed by atoms with Crippen LogP contribution in [-0.4, -0.2) is 23.9 Å². The minimum Gasteiger partial charge on any atom is -0.361 e. The van der Waals surface area contributed by atoms with Crippen molar-refractivity contribution in [2.45, 2.75) is 12.5 Å². The smallest absolute Gasteiger partial charge is 0.269 e. The molecule has 0 fully saturated rings. The molecule has 1 aromatic heterocycles. The van der Waals surface area contributed by atoms with Crippen LogP contribution in [0.3, 0.4) is 0 Å². The van der Waals surface area contributed by atoms with E-state index in [1.165, 1.54) is 40.4 Å². The van der Waals surface area contributed by atoms with E-state index in [1.807, 2.05) is 17.5 Å². The van der Waals surface area contributed by atoms with E-state index in [9.17, 15) is 14.9 Å². The molecule has 0 spiro atoms. The lowest BCUT2D eigenvalue weighted by molar-refractivity contribution is -0.384. The minimum atomic E-state index is -0.473. The molecule has 7 heteroatoms. The van der Waals surface area contributed by atoms with Crippen LogP contribution >= 0.6 is 11.3 Å². The number of hydrogen-bond acceptors (Lipinski definition) is 5. The molecule has 2 heterocycles. The summed E-state index contributed by atoms with van der Waals surface area (Å²) in [4.78, 5) is 26.4. The highest BCUT2D eigenvalue weighted by atomic mass is 32.1. The number of benzene rings is 2. The van der Waals surface area contributed by atoms with Crippen molar-refractivity contribution >= 4 is 28.6 Å². The molecule has 0 saturated heterocycles. The molecular weight excluding hydrogens is 374 g/mol. The number of nitro groups is 1. The fourth-order valence-corrected chi connectivity index (χ4v) is 4.40. The summed E-state index contributed by atoms with van der Waals surface area (Å²) in [6, 6.07) is 18.2. The van der Waals surface area contributed by atoms with E-state index in [2.05, 4.69) is 34.5 Å². The van der Waals surface area contributed by atoms with E-state index in [0.29, 0.717) is 12.1 Å². The predicted molar refractivity (Wildman–Crippen MR) is 110 cm³/mol. The van der Waals surface area contributed by atoms with Gasteiger partial charge in [-0.15, -0.1) is 11.3 Å². The first-order chi connectivity index (χ1) is 13.6. The molecule has 28 heavy (non-hydrogen) atoms. The van der Waals surface area contributed by atoms with Crippen LogP contribution in [0.4, 0.5) is 11.4 Å². The number of fused-ring (bicyclic) bond motifs is 1. The van der Waals surface area contributed by atoms with Gasteiger partial charge in [0, 0.05) is 41.4 Å². The Morgan fingerprint density at radius 1 is 1.14 bits per heavy atom. The number of non-ortho nitro benzene ring substituents is 1. The van der Waals surface area contributed by atoms with Gasteiger partial charge in [0.25, 0.3) is 11.6 Å². The zero-order valence-corrected chi connectivity index (χ0v) is 15.9. The van der Waals surface area contributed by atoms with Gasteiger partial charge >= 0.3 is 0 Å². The highest BCUT2D eigenvalue weighted by Crippen LogP contribution is 2.36. The molecule has 0 saturated carbocycles. The summed E-state index contributed by atoms with van der Waals surface area (Å²) < 4.78 is 0. The fraction of sp³-hybridized carbons (Fsp3) is 0.190. The van der Waals surface area contributed by atoms with Crippen molar-refractivity contribution in [3.8, 4) is 0 Å². The summed E-state index contributed by atoms with van der Waals surface area (Å²) in [7, 11) is 0. The third kappa shape index (κ3) is 3.61. The van der Waals surface area contributed by atoms with Gasteiger partial charge in [-0.2, -0.15) is 0 Å². The molecule has 1 aliphatic heterocycles. The molecule has 2 aromatic carbocycles. The summed E-state index contributed by atoms with van der Waals surface area (Å²) in [5, 5.41) is 15.8.